The Bertz CT molecular complexity index is 497. The van der Waals surface area contributed by atoms with Gasteiger partial charge in [-0.15, -0.1) is 0 Å². The number of benzene rings is 1. The summed E-state index contributed by atoms with van der Waals surface area (Å²) < 4.78 is 16.4. The molecule has 0 aromatic heterocycles. The van der Waals surface area contributed by atoms with E-state index in [9.17, 15) is 9.00 Å². The van der Waals surface area contributed by atoms with Gasteiger partial charge < -0.3 is 15.4 Å². The first kappa shape index (κ1) is 17.9. The molecule has 0 radical (unpaired) electrons. The van der Waals surface area contributed by atoms with Gasteiger partial charge in [0.2, 0.25) is 0 Å². The third kappa shape index (κ3) is 7.45. The number of hydrogen-bond donors (Lipinski definition) is 2. The Labute approximate surface area is 132 Å². The molecule has 7 heteroatoms. The van der Waals surface area contributed by atoms with Crippen LogP contribution in [0.2, 0.25) is 5.02 Å². The van der Waals surface area contributed by atoms with Gasteiger partial charge in [-0.2, -0.15) is 0 Å². The lowest BCUT2D eigenvalue weighted by atomic mass is 10.2. The van der Waals surface area contributed by atoms with Gasteiger partial charge in [-0.25, -0.2) is 4.79 Å². The van der Waals surface area contributed by atoms with Crippen LogP contribution in [0.4, 0.5) is 10.5 Å². The van der Waals surface area contributed by atoms with Crippen LogP contribution in [0, 0.1) is 0 Å². The molecule has 1 rings (SSSR count). The molecule has 5 nitrogen and oxygen atoms in total. The molecule has 21 heavy (non-hydrogen) atoms. The third-order valence-electron chi connectivity index (χ3n) is 2.60. The van der Waals surface area contributed by atoms with Crippen molar-refractivity contribution >= 4 is 34.1 Å². The van der Waals surface area contributed by atoms with Crippen molar-refractivity contribution in [2.45, 2.75) is 19.1 Å². The van der Waals surface area contributed by atoms with Crippen molar-refractivity contribution in [3.8, 4) is 0 Å². The average Bonchev–Trinajstić information content (AvgIpc) is 2.42. The SMILES string of the molecule is CCOCCCNC(=O)Nc1cc(C[S@](C)=O)ccc1Cl. The summed E-state index contributed by atoms with van der Waals surface area (Å²) >= 11 is 6.04. The Balaban J connectivity index is 2.49. The minimum atomic E-state index is -0.938. The number of ether oxygens (including phenoxy) is 1. The van der Waals surface area contributed by atoms with E-state index in [2.05, 4.69) is 10.6 Å². The van der Waals surface area contributed by atoms with E-state index in [4.69, 9.17) is 16.3 Å². The number of carbonyl (C=O) groups is 1. The summed E-state index contributed by atoms with van der Waals surface area (Å²) in [6.45, 7) is 3.75. The Kier molecular flexibility index (Phi) is 8.34. The summed E-state index contributed by atoms with van der Waals surface area (Å²) in [5, 5.41) is 5.87. The first-order valence-corrected chi connectivity index (χ1v) is 8.84. The smallest absolute Gasteiger partial charge is 0.319 e. The van der Waals surface area contributed by atoms with Crippen LogP contribution in [0.15, 0.2) is 18.2 Å². The first-order chi connectivity index (χ1) is 10.0. The third-order valence-corrected chi connectivity index (χ3v) is 3.67. The predicted molar refractivity (Wildman–Crippen MR) is 87.4 cm³/mol. The molecule has 118 valence electrons. The molecular formula is C14H21ClN2O3S. The van der Waals surface area contributed by atoms with Crippen molar-refractivity contribution in [3.63, 3.8) is 0 Å². The molecule has 0 heterocycles. The zero-order valence-electron chi connectivity index (χ0n) is 12.3. The summed E-state index contributed by atoms with van der Waals surface area (Å²) in [4.78, 5) is 11.7. The molecule has 0 aliphatic heterocycles. The zero-order chi connectivity index (χ0) is 15.7. The van der Waals surface area contributed by atoms with Crippen molar-refractivity contribution in [1.29, 1.82) is 0 Å². The highest BCUT2D eigenvalue weighted by Gasteiger charge is 2.07. The van der Waals surface area contributed by atoms with Gasteiger partial charge in [-0.05, 0) is 31.0 Å². The number of amides is 2. The maximum absolute atomic E-state index is 11.7. The van der Waals surface area contributed by atoms with E-state index in [1.54, 1.807) is 24.5 Å². The molecule has 2 N–H and O–H groups in total. The highest BCUT2D eigenvalue weighted by Crippen LogP contribution is 2.23. The number of hydrogen-bond acceptors (Lipinski definition) is 3. The molecule has 0 unspecified atom stereocenters. The Morgan fingerprint density at radius 2 is 2.19 bits per heavy atom. The van der Waals surface area contributed by atoms with Crippen molar-refractivity contribution in [2.24, 2.45) is 0 Å². The molecule has 0 saturated carbocycles. The van der Waals surface area contributed by atoms with E-state index in [1.165, 1.54) is 0 Å². The predicted octanol–water partition coefficient (Wildman–Crippen LogP) is 2.77. The minimum Gasteiger partial charge on any atom is -0.382 e. The second-order valence-electron chi connectivity index (χ2n) is 4.46. The number of halogens is 1. The summed E-state index contributed by atoms with van der Waals surface area (Å²) in [7, 11) is -0.938. The second kappa shape index (κ2) is 9.76. The molecule has 0 aliphatic rings. The molecule has 2 amide bonds. The maximum Gasteiger partial charge on any atom is 0.319 e. The van der Waals surface area contributed by atoms with Crippen LogP contribution >= 0.6 is 11.6 Å². The summed E-state index contributed by atoms with van der Waals surface area (Å²) in [5.74, 6) is 0.432. The topological polar surface area (TPSA) is 67.4 Å². The first-order valence-electron chi connectivity index (χ1n) is 6.74. The Morgan fingerprint density at radius 1 is 1.43 bits per heavy atom. The van der Waals surface area contributed by atoms with Crippen LogP contribution in [-0.2, 0) is 21.3 Å². The van der Waals surface area contributed by atoms with Gasteiger partial charge >= 0.3 is 6.03 Å². The fraction of sp³-hybridized carbons (Fsp3) is 0.500. The lowest BCUT2D eigenvalue weighted by molar-refractivity contribution is 0.145. The fourth-order valence-corrected chi connectivity index (χ4v) is 2.49. The van der Waals surface area contributed by atoms with E-state index in [-0.39, 0.29) is 6.03 Å². The summed E-state index contributed by atoms with van der Waals surface area (Å²) in [6, 6.07) is 4.91. The Hall–Kier alpha value is -1.11. The van der Waals surface area contributed by atoms with Crippen molar-refractivity contribution < 1.29 is 13.7 Å². The largest absolute Gasteiger partial charge is 0.382 e. The van der Waals surface area contributed by atoms with Gasteiger partial charge in [0, 0.05) is 42.6 Å². The van der Waals surface area contributed by atoms with Gasteiger partial charge in [0.25, 0.3) is 0 Å². The molecule has 0 aliphatic carbocycles. The maximum atomic E-state index is 11.7. The standard InChI is InChI=1S/C14H21ClN2O3S/c1-3-20-8-4-7-16-14(18)17-13-9-11(10-21(2)19)5-6-12(13)15/h5-6,9H,3-4,7-8,10H2,1-2H3,(H2,16,17,18)/t21-/m0/s1. The molecule has 1 atom stereocenters. The van der Waals surface area contributed by atoms with Crippen molar-refractivity contribution in [1.82, 2.24) is 5.32 Å². The molecule has 1 aromatic rings. The van der Waals surface area contributed by atoms with Crippen LogP contribution in [-0.4, -0.2) is 36.3 Å². The molecule has 1 aromatic carbocycles. The number of urea groups is 1. The van der Waals surface area contributed by atoms with Gasteiger partial charge in [0.05, 0.1) is 10.7 Å². The van der Waals surface area contributed by atoms with E-state index < -0.39 is 10.8 Å². The van der Waals surface area contributed by atoms with E-state index >= 15 is 0 Å². The minimum absolute atomic E-state index is 0.317. The fourth-order valence-electron chi connectivity index (χ4n) is 1.68. The zero-order valence-corrected chi connectivity index (χ0v) is 13.9. The van der Waals surface area contributed by atoms with Crippen LogP contribution in [0.25, 0.3) is 0 Å². The number of rotatable bonds is 8. The number of nitrogens with one attached hydrogen (secondary N) is 2. The van der Waals surface area contributed by atoms with Crippen LogP contribution in [0.1, 0.15) is 18.9 Å². The summed E-state index contributed by atoms with van der Waals surface area (Å²) in [5.41, 5.74) is 1.38. The monoisotopic (exact) mass is 332 g/mol. The molecular weight excluding hydrogens is 312 g/mol. The van der Waals surface area contributed by atoms with Gasteiger partial charge in [-0.3, -0.25) is 4.21 Å². The highest BCUT2D eigenvalue weighted by molar-refractivity contribution is 7.83. The molecule has 0 saturated heterocycles. The highest BCUT2D eigenvalue weighted by atomic mass is 35.5. The van der Waals surface area contributed by atoms with Crippen LogP contribution < -0.4 is 10.6 Å². The molecule has 0 bridgehead atoms. The van der Waals surface area contributed by atoms with Gasteiger partial charge in [0.1, 0.15) is 0 Å². The quantitative estimate of drug-likeness (QED) is 0.719. The molecule has 0 spiro atoms. The second-order valence-corrected chi connectivity index (χ2v) is 6.31. The van der Waals surface area contributed by atoms with Crippen LogP contribution in [0.5, 0.6) is 0 Å². The average molecular weight is 333 g/mol. The van der Waals surface area contributed by atoms with Crippen LogP contribution in [0.3, 0.4) is 0 Å². The van der Waals surface area contributed by atoms with E-state index in [0.717, 1.165) is 12.0 Å². The van der Waals surface area contributed by atoms with E-state index in [1.807, 2.05) is 6.92 Å². The van der Waals surface area contributed by atoms with Gasteiger partial charge in [0.15, 0.2) is 0 Å². The number of carbonyl (C=O) groups excluding carboxylic acids is 1. The van der Waals surface area contributed by atoms with Gasteiger partial charge in [-0.1, -0.05) is 17.7 Å². The van der Waals surface area contributed by atoms with Crippen molar-refractivity contribution in [2.75, 3.05) is 31.3 Å². The lowest BCUT2D eigenvalue weighted by Crippen LogP contribution is -2.30. The molecule has 0 fully saturated rings. The normalized spacial score (nSPS) is 12.0. The van der Waals surface area contributed by atoms with E-state index in [0.29, 0.717) is 36.2 Å². The lowest BCUT2D eigenvalue weighted by Gasteiger charge is -2.10. The van der Waals surface area contributed by atoms with Crippen molar-refractivity contribution in [3.05, 3.63) is 28.8 Å². The summed E-state index contributed by atoms with van der Waals surface area (Å²) in [6.07, 6.45) is 2.39. The number of anilines is 1. The Morgan fingerprint density at radius 3 is 2.86 bits per heavy atom.